The maximum Gasteiger partial charge on any atom is 0.488 e. The Hall–Kier alpha value is -18.6. The van der Waals surface area contributed by atoms with Crippen molar-refractivity contribution in [1.29, 1.82) is 15.8 Å². The summed E-state index contributed by atoms with van der Waals surface area (Å²) in [6.07, 6.45) is 0. The smallest absolute Gasteiger partial charge is 0.423 e. The van der Waals surface area contributed by atoms with Gasteiger partial charge in [0, 0.05) is 98.0 Å². The molecule has 0 unspecified atom stereocenters. The van der Waals surface area contributed by atoms with E-state index in [1.54, 1.807) is 24.3 Å². The predicted molar refractivity (Wildman–Crippen MR) is 568 cm³/mol. The predicted octanol–water partition coefficient (Wildman–Crippen LogP) is 30.9. The highest BCUT2D eigenvalue weighted by Gasteiger charge is 2.37. The molecule has 0 radical (unpaired) electrons. The molecule has 27 aromatic rings. The van der Waals surface area contributed by atoms with E-state index in [4.69, 9.17) is 10.5 Å². The van der Waals surface area contributed by atoms with Crippen LogP contribution in [-0.4, -0.2) is 49.1 Å². The third-order valence-electron chi connectivity index (χ3n) is 27.4. The van der Waals surface area contributed by atoms with E-state index in [9.17, 15) is 50.4 Å². The Labute approximate surface area is 829 Å². The first-order valence-corrected chi connectivity index (χ1v) is 47.2. The average Bonchev–Trinajstić information content (AvgIpc) is 1.55. The molecule has 2 N–H and O–H groups in total. The first-order valence-electron chi connectivity index (χ1n) is 46.4. The summed E-state index contributed by atoms with van der Waals surface area (Å²) in [6.45, 7) is 0. The third-order valence-corrected chi connectivity index (χ3v) is 28.1. The Morgan fingerprint density at radius 3 is 0.566 bits per heavy atom. The molecule has 145 heavy (non-hydrogen) atoms. The highest BCUT2D eigenvalue weighted by atomic mass is 79.9. The van der Waals surface area contributed by atoms with Crippen molar-refractivity contribution in [2.75, 3.05) is 0 Å². The zero-order valence-electron chi connectivity index (χ0n) is 76.1. The van der Waals surface area contributed by atoms with Crippen molar-refractivity contribution >= 4 is 181 Å². The van der Waals surface area contributed by atoms with Gasteiger partial charge in [-0.05, 0) is 154 Å². The monoisotopic (exact) mass is 1960 g/mol. The zero-order chi connectivity index (χ0) is 98.8. The van der Waals surface area contributed by atoms with E-state index < -0.39 is 74.8 Å². The first kappa shape index (κ1) is 89.0. The van der Waals surface area contributed by atoms with Gasteiger partial charge in [0.2, 0.25) is 0 Å². The number of hydrogen-bond acceptors (Lipinski definition) is 5. The zero-order valence-corrected chi connectivity index (χ0v) is 77.7. The molecule has 7 heterocycles. The molecule has 0 aliphatic rings. The van der Waals surface area contributed by atoms with Crippen molar-refractivity contribution in [3.05, 3.63) is 480 Å². The van der Waals surface area contributed by atoms with Crippen molar-refractivity contribution in [2.24, 2.45) is 0 Å². The minimum atomic E-state index is -1.71. The normalized spacial score (nSPS) is 11.5. The fourth-order valence-electron chi connectivity index (χ4n) is 21.2. The summed E-state index contributed by atoms with van der Waals surface area (Å²) in [5, 5.41) is 64.1. The summed E-state index contributed by atoms with van der Waals surface area (Å²) in [5.74, 6) is -13.2. The number of halogens is 9. The number of fused-ring (bicyclic) bond motifs is 21. The highest BCUT2D eigenvalue weighted by Crippen LogP contribution is 2.53. The lowest BCUT2D eigenvalue weighted by Crippen LogP contribution is -2.29. The van der Waals surface area contributed by atoms with E-state index >= 15 is 0 Å². The second kappa shape index (κ2) is 35.9. The van der Waals surface area contributed by atoms with Crippen LogP contribution in [0.1, 0.15) is 16.7 Å². The highest BCUT2D eigenvalue weighted by molar-refractivity contribution is 9.10. The van der Waals surface area contributed by atoms with Crippen molar-refractivity contribution in [3.8, 4) is 80.3 Å². The lowest BCUT2D eigenvalue weighted by atomic mass is 9.80. The number of nitriles is 3. The molecule has 0 aliphatic carbocycles. The SMILES string of the molecule is N#Cc1c(-n2c3ccccc3c3ccccc32)c(-n2c3ccccc3c3ccccc32)c(-c2ccc(-n3c4ccccc4c4ccccc43)cc2)c(-n2c3ccccc3c3ccccc32)c1-n1c2ccccc2c2ccccc21.N#Cc1c(F)c(F)c(-c2ccc(-n3c4ccccc4c4ccccc43)cc2)c(F)c1F.N#Cc1c(F)c(F)c(Br)c(F)c1F.OB(O)c1ccc(-n2c3ccccc3c3ccccc32)cc1. The molecular formula is C123H70BBrF8N10O2. The fourth-order valence-corrected chi connectivity index (χ4v) is 21.6. The molecule has 0 aliphatic heterocycles. The molecule has 0 fully saturated rings. The fraction of sp³-hybridized carbons (Fsp3) is 0. The first-order chi connectivity index (χ1) is 71.0. The number of para-hydroxylation sites is 14. The van der Waals surface area contributed by atoms with Gasteiger partial charge < -0.3 is 42.0 Å². The number of aromatic nitrogens is 7. The summed E-state index contributed by atoms with van der Waals surface area (Å²) < 4.78 is 123. The molecule has 0 atom stereocenters. The third kappa shape index (κ3) is 14.1. The lowest BCUT2D eigenvalue weighted by molar-refractivity contribution is 0.425. The van der Waals surface area contributed by atoms with Crippen LogP contribution in [0.15, 0.2) is 417 Å². The van der Waals surface area contributed by atoms with Crippen molar-refractivity contribution in [3.63, 3.8) is 0 Å². The molecule has 7 aromatic heterocycles. The Balaban J connectivity index is 0.000000138. The van der Waals surface area contributed by atoms with E-state index in [0.29, 0.717) is 11.0 Å². The Bertz CT molecular complexity index is 9520. The standard InChI is InChI=1S/C73H44N6.C25H12F4N2.C18H14BNO2.C7BrF4N/c74-45-58-70(76-61-33-13-3-23-50(61)51-24-4-14-34-62(51)76)72(78-65-37-17-7-27-54(65)55-28-8-18-38-66(55)78)69(46-41-43-47(44-42-46)75-59-31-11-1-21-48(59)49-22-2-12-32-60(49)75)73(79-67-39-19-9-29-56(67)57-30-10-20-40-68(57)79)71(58)77-63-35-15-5-25-52(63)53-26-6-16-36-64(53)77;26-22-18(13-30)23(27)25(29)21(24(22)28)14-9-11-15(12-10-14)31-19-7-3-1-5-16(19)17-6-2-4-8-20(17)31;21-19(22)13-9-11-14(12-10-13)20-17-7-3-1-5-15(17)16-6-2-4-8-18(16)20;8-3-6(11)4(9)2(1-13)5(10)7(3)12/h1-44H;1-12H;1-12,21-22H;. The second-order valence-electron chi connectivity index (χ2n) is 35.1. The van der Waals surface area contributed by atoms with Gasteiger partial charge in [-0.2, -0.15) is 15.8 Å². The van der Waals surface area contributed by atoms with Gasteiger partial charge in [-0.25, -0.2) is 35.1 Å². The minimum Gasteiger partial charge on any atom is -0.423 e. The van der Waals surface area contributed by atoms with Gasteiger partial charge in [-0.3, -0.25) is 0 Å². The molecule has 22 heteroatoms. The maximum atomic E-state index is 14.4. The summed E-state index contributed by atoms with van der Waals surface area (Å²) >= 11 is 2.30. The molecule has 0 saturated heterocycles. The molecule has 27 rings (SSSR count). The van der Waals surface area contributed by atoms with Crippen LogP contribution >= 0.6 is 15.9 Å². The quantitative estimate of drug-likeness (QED) is 0.0606. The molecule has 690 valence electrons. The van der Waals surface area contributed by atoms with Gasteiger partial charge in [-0.15, -0.1) is 0 Å². The van der Waals surface area contributed by atoms with Gasteiger partial charge in [0.25, 0.3) is 0 Å². The number of benzene rings is 20. The van der Waals surface area contributed by atoms with Crippen molar-refractivity contribution in [2.45, 2.75) is 0 Å². The Morgan fingerprint density at radius 1 is 0.193 bits per heavy atom. The average molecular weight is 1960 g/mol. The molecule has 0 bridgehead atoms. The van der Waals surface area contributed by atoms with Crippen LogP contribution in [0, 0.1) is 80.5 Å². The summed E-state index contributed by atoms with van der Waals surface area (Å²) in [4.78, 5) is 0. The van der Waals surface area contributed by atoms with E-state index in [-0.39, 0.29) is 5.56 Å². The Kier molecular flexibility index (Phi) is 22.1. The largest absolute Gasteiger partial charge is 0.488 e. The van der Waals surface area contributed by atoms with Crippen LogP contribution < -0.4 is 5.46 Å². The van der Waals surface area contributed by atoms with Gasteiger partial charge in [0.1, 0.15) is 34.9 Å². The van der Waals surface area contributed by atoms with Crippen LogP contribution in [0.3, 0.4) is 0 Å². The lowest BCUT2D eigenvalue weighted by Gasteiger charge is -2.29. The number of nitrogens with zero attached hydrogens (tertiary/aromatic N) is 10. The van der Waals surface area contributed by atoms with E-state index in [1.165, 1.54) is 33.7 Å². The summed E-state index contributed by atoms with van der Waals surface area (Å²) in [6, 6.07) is 147. The molecule has 0 spiro atoms. The van der Waals surface area contributed by atoms with Crippen LogP contribution in [0.5, 0.6) is 0 Å². The number of rotatable bonds is 10. The van der Waals surface area contributed by atoms with E-state index in [2.05, 4.69) is 341 Å². The van der Waals surface area contributed by atoms with Crippen LogP contribution in [-0.2, 0) is 0 Å². The molecule has 0 saturated carbocycles. The van der Waals surface area contributed by atoms with Crippen LogP contribution in [0.4, 0.5) is 35.1 Å². The van der Waals surface area contributed by atoms with Gasteiger partial charge in [-0.1, -0.05) is 291 Å². The van der Waals surface area contributed by atoms with Gasteiger partial charge in [0.05, 0.1) is 110 Å². The topological polar surface area (TPSA) is 146 Å². The van der Waals surface area contributed by atoms with E-state index in [0.717, 1.165) is 194 Å². The summed E-state index contributed by atoms with van der Waals surface area (Å²) in [5.41, 5.74) is 20.4. The second-order valence-corrected chi connectivity index (χ2v) is 35.9. The Morgan fingerprint density at radius 2 is 0.366 bits per heavy atom. The van der Waals surface area contributed by atoms with Gasteiger partial charge in [0.15, 0.2) is 46.5 Å². The van der Waals surface area contributed by atoms with Crippen molar-refractivity contribution < 1.29 is 45.2 Å². The van der Waals surface area contributed by atoms with Crippen molar-refractivity contribution in [1.82, 2.24) is 32.0 Å². The molecular weight excluding hydrogens is 1890 g/mol. The molecule has 0 amide bonds. The summed E-state index contributed by atoms with van der Waals surface area (Å²) in [7, 11) is -1.44. The van der Waals surface area contributed by atoms with Crippen LogP contribution in [0.2, 0.25) is 0 Å². The minimum absolute atomic E-state index is 0.0400. The molecule has 20 aromatic carbocycles. The molecule has 12 nitrogen and oxygen atoms in total. The number of hydrogen-bond donors (Lipinski definition) is 2. The van der Waals surface area contributed by atoms with Gasteiger partial charge >= 0.3 is 7.12 Å². The van der Waals surface area contributed by atoms with Crippen LogP contribution in [0.25, 0.3) is 215 Å². The maximum absolute atomic E-state index is 14.4. The van der Waals surface area contributed by atoms with E-state index in [1.807, 2.05) is 89.5 Å².